The zero-order valence-corrected chi connectivity index (χ0v) is 4.72. The second-order valence-electron chi connectivity index (χ2n) is 1.80. The number of aliphatic hydroxyl groups is 1. The van der Waals surface area contributed by atoms with Gasteiger partial charge < -0.3 is 9.84 Å². The molecular weight excluding hydrogens is 92.1 g/mol. The minimum absolute atomic E-state index is 0.137. The number of ether oxygens (including phenoxy) is 1. The van der Waals surface area contributed by atoms with Crippen LogP contribution in [0, 0.1) is 13.0 Å². The summed E-state index contributed by atoms with van der Waals surface area (Å²) in [5.74, 6) is 0.137. The van der Waals surface area contributed by atoms with Crippen molar-refractivity contribution in [1.82, 2.24) is 0 Å². The fourth-order valence-corrected chi connectivity index (χ4v) is 0.192. The molecule has 7 heavy (non-hydrogen) atoms. The van der Waals surface area contributed by atoms with E-state index >= 15 is 0 Å². The van der Waals surface area contributed by atoms with Gasteiger partial charge in [0, 0.05) is 5.92 Å². The second-order valence-corrected chi connectivity index (χ2v) is 1.80. The van der Waals surface area contributed by atoms with Gasteiger partial charge in [0.15, 0.2) is 6.29 Å². The molecule has 43 valence electrons. The van der Waals surface area contributed by atoms with Crippen LogP contribution in [0.15, 0.2) is 0 Å². The highest BCUT2D eigenvalue weighted by Crippen LogP contribution is 1.99. The Morgan fingerprint density at radius 3 is 2.00 bits per heavy atom. The molecule has 0 aromatic carbocycles. The van der Waals surface area contributed by atoms with Gasteiger partial charge in [-0.1, -0.05) is 13.8 Å². The largest absolute Gasteiger partial charge is 0.368 e. The van der Waals surface area contributed by atoms with E-state index in [-0.39, 0.29) is 5.92 Å². The molecule has 1 radical (unpaired) electrons. The zero-order valence-electron chi connectivity index (χ0n) is 4.72. The Hall–Kier alpha value is -0.0800. The molecule has 1 unspecified atom stereocenters. The fraction of sp³-hybridized carbons (Fsp3) is 0.800. The third-order valence-electron chi connectivity index (χ3n) is 0.741. The first-order valence-electron chi connectivity index (χ1n) is 2.27. The fourth-order valence-electron chi connectivity index (χ4n) is 0.192. The number of hydrogen-bond acceptors (Lipinski definition) is 2. The topological polar surface area (TPSA) is 29.5 Å². The van der Waals surface area contributed by atoms with E-state index in [4.69, 9.17) is 5.11 Å². The second kappa shape index (κ2) is 2.99. The molecule has 0 aromatic rings. The summed E-state index contributed by atoms with van der Waals surface area (Å²) in [6.07, 6.45) is -0.708. The zero-order chi connectivity index (χ0) is 5.86. The number of hydrogen-bond donors (Lipinski definition) is 1. The van der Waals surface area contributed by atoms with Crippen molar-refractivity contribution in [2.75, 3.05) is 0 Å². The molecular formula is C5H11O2. The lowest BCUT2D eigenvalue weighted by atomic mass is 10.2. The lowest BCUT2D eigenvalue weighted by Gasteiger charge is -2.09. The van der Waals surface area contributed by atoms with Gasteiger partial charge in [-0.3, -0.25) is 0 Å². The van der Waals surface area contributed by atoms with E-state index in [1.54, 1.807) is 0 Å². The van der Waals surface area contributed by atoms with Crippen molar-refractivity contribution in [3.8, 4) is 0 Å². The highest BCUT2D eigenvalue weighted by atomic mass is 16.6. The molecule has 0 aliphatic rings. The molecule has 2 nitrogen and oxygen atoms in total. The van der Waals surface area contributed by atoms with Gasteiger partial charge in [-0.05, 0) is 0 Å². The van der Waals surface area contributed by atoms with E-state index in [2.05, 4.69) is 11.8 Å². The first-order chi connectivity index (χ1) is 3.18. The van der Waals surface area contributed by atoms with Crippen LogP contribution in [-0.2, 0) is 4.74 Å². The van der Waals surface area contributed by atoms with Crippen LogP contribution in [0.4, 0.5) is 0 Å². The maximum Gasteiger partial charge on any atom is 0.156 e. The molecule has 0 rings (SSSR count). The monoisotopic (exact) mass is 103 g/mol. The minimum Gasteiger partial charge on any atom is -0.368 e. The Balaban J connectivity index is 3.14. The molecule has 0 saturated heterocycles. The Morgan fingerprint density at radius 2 is 2.00 bits per heavy atom. The predicted octanol–water partition coefficient (Wildman–Crippen LogP) is 0.769. The van der Waals surface area contributed by atoms with Gasteiger partial charge in [-0.2, -0.15) is 0 Å². The summed E-state index contributed by atoms with van der Waals surface area (Å²) in [5, 5.41) is 8.65. The molecule has 0 amide bonds. The van der Waals surface area contributed by atoms with Crippen LogP contribution in [0.5, 0.6) is 0 Å². The van der Waals surface area contributed by atoms with Crippen LogP contribution in [-0.4, -0.2) is 11.4 Å². The molecule has 2 heteroatoms. The van der Waals surface area contributed by atoms with Crippen molar-refractivity contribution < 1.29 is 9.84 Å². The molecule has 0 aliphatic heterocycles. The summed E-state index contributed by atoms with van der Waals surface area (Å²) in [5.41, 5.74) is 0. The highest BCUT2D eigenvalue weighted by Gasteiger charge is 2.04. The normalized spacial score (nSPS) is 15.0. The molecule has 0 aliphatic carbocycles. The van der Waals surface area contributed by atoms with Crippen LogP contribution in [0.25, 0.3) is 0 Å². The van der Waals surface area contributed by atoms with Gasteiger partial charge >= 0.3 is 0 Å². The van der Waals surface area contributed by atoms with Crippen molar-refractivity contribution in [2.24, 2.45) is 5.92 Å². The Labute approximate surface area is 44.1 Å². The average Bonchev–Trinajstić information content (AvgIpc) is 1.65. The Bertz CT molecular complexity index is 43.3. The molecule has 1 N–H and O–H groups in total. The van der Waals surface area contributed by atoms with E-state index in [0.29, 0.717) is 0 Å². The smallest absolute Gasteiger partial charge is 0.156 e. The summed E-state index contributed by atoms with van der Waals surface area (Å²) in [7, 11) is 3.06. The van der Waals surface area contributed by atoms with Crippen LogP contribution < -0.4 is 0 Å². The Morgan fingerprint density at radius 1 is 1.57 bits per heavy atom. The molecule has 0 fully saturated rings. The van der Waals surface area contributed by atoms with Crippen molar-refractivity contribution in [3.05, 3.63) is 7.11 Å². The first-order valence-corrected chi connectivity index (χ1v) is 2.27. The van der Waals surface area contributed by atoms with Gasteiger partial charge in [0.1, 0.15) is 0 Å². The van der Waals surface area contributed by atoms with Gasteiger partial charge in [-0.25, -0.2) is 0 Å². The van der Waals surface area contributed by atoms with Crippen LogP contribution in [0.2, 0.25) is 0 Å². The molecule has 0 bridgehead atoms. The average molecular weight is 103 g/mol. The van der Waals surface area contributed by atoms with Crippen molar-refractivity contribution in [3.63, 3.8) is 0 Å². The summed E-state index contributed by atoms with van der Waals surface area (Å²) >= 11 is 0. The summed E-state index contributed by atoms with van der Waals surface area (Å²) in [4.78, 5) is 0. The van der Waals surface area contributed by atoms with Crippen LogP contribution in [0.1, 0.15) is 13.8 Å². The van der Waals surface area contributed by atoms with Crippen LogP contribution in [0.3, 0.4) is 0 Å². The van der Waals surface area contributed by atoms with Gasteiger partial charge in [0.05, 0.1) is 7.11 Å². The molecule has 0 heterocycles. The minimum atomic E-state index is -0.708. The standard InChI is InChI=1S/C5H11O2/c1-4(2)5(6)7-3/h4-6H,3H2,1-2H3. The summed E-state index contributed by atoms with van der Waals surface area (Å²) in [6, 6.07) is 0. The predicted molar refractivity (Wildman–Crippen MR) is 27.3 cm³/mol. The maximum atomic E-state index is 8.65. The lowest BCUT2D eigenvalue weighted by molar-refractivity contribution is -0.0859. The van der Waals surface area contributed by atoms with Gasteiger partial charge in [0.2, 0.25) is 0 Å². The quantitative estimate of drug-likeness (QED) is 0.523. The van der Waals surface area contributed by atoms with E-state index in [0.717, 1.165) is 0 Å². The van der Waals surface area contributed by atoms with Gasteiger partial charge in [-0.15, -0.1) is 0 Å². The maximum absolute atomic E-state index is 8.65. The highest BCUT2D eigenvalue weighted by molar-refractivity contribution is 4.44. The molecule has 0 saturated carbocycles. The SMILES string of the molecule is [CH2]OC(O)C(C)C. The number of aliphatic hydroxyl groups excluding tert-OH is 1. The van der Waals surface area contributed by atoms with E-state index in [1.807, 2.05) is 13.8 Å². The third kappa shape index (κ3) is 2.60. The van der Waals surface area contributed by atoms with E-state index in [9.17, 15) is 0 Å². The van der Waals surface area contributed by atoms with E-state index < -0.39 is 6.29 Å². The molecule has 1 atom stereocenters. The van der Waals surface area contributed by atoms with E-state index in [1.165, 1.54) is 0 Å². The van der Waals surface area contributed by atoms with Crippen molar-refractivity contribution in [1.29, 1.82) is 0 Å². The number of rotatable bonds is 2. The summed E-state index contributed by atoms with van der Waals surface area (Å²) in [6.45, 7) is 3.71. The summed E-state index contributed by atoms with van der Waals surface area (Å²) < 4.78 is 4.32. The van der Waals surface area contributed by atoms with Crippen LogP contribution >= 0.6 is 0 Å². The molecule has 0 spiro atoms. The van der Waals surface area contributed by atoms with Crippen molar-refractivity contribution in [2.45, 2.75) is 20.1 Å². The third-order valence-corrected chi connectivity index (χ3v) is 0.741. The first kappa shape index (κ1) is 6.92. The van der Waals surface area contributed by atoms with Crippen molar-refractivity contribution >= 4 is 0 Å². The molecule has 0 aromatic heterocycles. The lowest BCUT2D eigenvalue weighted by Crippen LogP contribution is -2.14. The Kier molecular flexibility index (Phi) is 2.96. The van der Waals surface area contributed by atoms with Gasteiger partial charge in [0.25, 0.3) is 0 Å².